The molecule has 0 aromatic heterocycles. The highest BCUT2D eigenvalue weighted by Crippen LogP contribution is 2.14. The molecule has 144 valence electrons. The molecule has 0 aliphatic heterocycles. The molecule has 1 aromatic carbocycles. The van der Waals surface area contributed by atoms with Gasteiger partial charge in [0.2, 0.25) is 15.9 Å². The van der Waals surface area contributed by atoms with Crippen LogP contribution in [0.4, 0.5) is 0 Å². The van der Waals surface area contributed by atoms with Crippen molar-refractivity contribution in [3.05, 3.63) is 59.0 Å². The Morgan fingerprint density at radius 1 is 1.19 bits per heavy atom. The summed E-state index contributed by atoms with van der Waals surface area (Å²) in [5.74, 6) is 4.81. The number of allylic oxidation sites excluding steroid dienone is 4. The van der Waals surface area contributed by atoms with Gasteiger partial charge in [0.25, 0.3) is 0 Å². The standard InChI is InChI=1S/C20H24N2O4S/c23-20(22-24)15-13-18-10-6-11-19(14-12-18)27(25,26)21-16-5-4-9-17-7-2-1-3-8-17/h1-3,6-8,10-11,18,21,24H,4-5,9,13,15-16H2,(H,22,23). The van der Waals surface area contributed by atoms with Crippen molar-refractivity contribution in [3.8, 4) is 11.8 Å². The van der Waals surface area contributed by atoms with Crippen molar-refractivity contribution in [2.24, 2.45) is 5.92 Å². The van der Waals surface area contributed by atoms with E-state index >= 15 is 0 Å². The highest BCUT2D eigenvalue weighted by atomic mass is 32.2. The zero-order chi connectivity index (χ0) is 19.5. The summed E-state index contributed by atoms with van der Waals surface area (Å²) in [5, 5.41) is 8.50. The number of carbonyl (C=O) groups excluding carboxylic acids is 1. The molecule has 0 heterocycles. The summed E-state index contributed by atoms with van der Waals surface area (Å²) < 4.78 is 27.3. The Kier molecular flexibility index (Phi) is 8.27. The third kappa shape index (κ3) is 7.39. The average molecular weight is 388 g/mol. The Balaban J connectivity index is 1.79. The van der Waals surface area contributed by atoms with E-state index in [0.717, 1.165) is 19.3 Å². The van der Waals surface area contributed by atoms with Crippen molar-refractivity contribution in [1.29, 1.82) is 0 Å². The molecule has 3 N–H and O–H groups in total. The van der Waals surface area contributed by atoms with E-state index in [1.54, 1.807) is 17.6 Å². The van der Waals surface area contributed by atoms with E-state index in [-0.39, 0.29) is 17.2 Å². The van der Waals surface area contributed by atoms with Gasteiger partial charge in [-0.1, -0.05) is 54.3 Å². The minimum atomic E-state index is -3.64. The van der Waals surface area contributed by atoms with Crippen LogP contribution in [-0.4, -0.2) is 26.1 Å². The molecule has 6 nitrogen and oxygen atoms in total. The summed E-state index contributed by atoms with van der Waals surface area (Å²) in [6, 6.07) is 10.1. The fourth-order valence-electron chi connectivity index (χ4n) is 2.58. The molecular formula is C20H24N2O4S. The Hall–Kier alpha value is -2.40. The van der Waals surface area contributed by atoms with Crippen LogP contribution < -0.4 is 10.2 Å². The smallest absolute Gasteiger partial charge is 0.248 e. The maximum absolute atomic E-state index is 12.4. The predicted octanol–water partition coefficient (Wildman–Crippen LogP) is 2.29. The first-order valence-corrected chi connectivity index (χ1v) is 10.4. The van der Waals surface area contributed by atoms with Gasteiger partial charge in [-0.2, -0.15) is 0 Å². The number of nitrogens with one attached hydrogen (secondary N) is 2. The maximum atomic E-state index is 12.4. The SMILES string of the molecule is O=C(CCC1C#CC(S(=O)(=O)NCCCCc2ccccc2)=CC=C1)NO. The molecule has 0 fully saturated rings. The molecule has 0 spiro atoms. The first-order chi connectivity index (χ1) is 13.0. The zero-order valence-electron chi connectivity index (χ0n) is 15.0. The van der Waals surface area contributed by atoms with Crippen LogP contribution in [-0.2, 0) is 21.2 Å². The Morgan fingerprint density at radius 3 is 2.70 bits per heavy atom. The topological polar surface area (TPSA) is 95.5 Å². The highest BCUT2D eigenvalue weighted by Gasteiger charge is 2.16. The number of aryl methyl sites for hydroxylation is 1. The number of benzene rings is 1. The van der Waals surface area contributed by atoms with Gasteiger partial charge in [-0.15, -0.1) is 0 Å². The van der Waals surface area contributed by atoms with Crippen molar-refractivity contribution in [2.75, 3.05) is 6.54 Å². The molecule has 1 unspecified atom stereocenters. The molecule has 7 heteroatoms. The van der Waals surface area contributed by atoms with Gasteiger partial charge in [0.05, 0.1) is 0 Å². The highest BCUT2D eigenvalue weighted by molar-refractivity contribution is 7.93. The summed E-state index contributed by atoms with van der Waals surface area (Å²) in [5.41, 5.74) is 2.81. The number of rotatable bonds is 10. The van der Waals surface area contributed by atoms with Crippen molar-refractivity contribution in [2.45, 2.75) is 32.1 Å². The van der Waals surface area contributed by atoms with E-state index < -0.39 is 15.9 Å². The lowest BCUT2D eigenvalue weighted by atomic mass is 10.0. The molecule has 1 amide bonds. The Bertz CT molecular complexity index is 849. The number of amides is 1. The summed E-state index contributed by atoms with van der Waals surface area (Å²) in [6.45, 7) is 0.359. The molecule has 0 saturated heterocycles. The third-order valence-electron chi connectivity index (χ3n) is 4.10. The van der Waals surface area contributed by atoms with E-state index in [9.17, 15) is 13.2 Å². The Morgan fingerprint density at radius 2 is 1.96 bits per heavy atom. The van der Waals surface area contributed by atoms with Crippen LogP contribution in [0.25, 0.3) is 0 Å². The van der Waals surface area contributed by atoms with Crippen molar-refractivity contribution in [3.63, 3.8) is 0 Å². The summed E-state index contributed by atoms with van der Waals surface area (Å²) >= 11 is 0. The van der Waals surface area contributed by atoms with Crippen LogP contribution >= 0.6 is 0 Å². The van der Waals surface area contributed by atoms with Crippen molar-refractivity contribution >= 4 is 15.9 Å². The second-order valence-corrected chi connectivity index (χ2v) is 7.94. The first kappa shape index (κ1) is 20.9. The lowest BCUT2D eigenvalue weighted by Crippen LogP contribution is -2.25. The molecule has 0 saturated carbocycles. The van der Waals surface area contributed by atoms with Gasteiger partial charge in [-0.25, -0.2) is 18.6 Å². The number of unbranched alkanes of at least 4 members (excludes halogenated alkanes) is 1. The van der Waals surface area contributed by atoms with E-state index in [0.29, 0.717) is 13.0 Å². The molecular weight excluding hydrogens is 364 g/mol. The van der Waals surface area contributed by atoms with Crippen molar-refractivity contribution in [1.82, 2.24) is 10.2 Å². The van der Waals surface area contributed by atoms with E-state index in [2.05, 4.69) is 28.7 Å². The van der Waals surface area contributed by atoms with Crippen molar-refractivity contribution < 1.29 is 18.4 Å². The van der Waals surface area contributed by atoms with Gasteiger partial charge in [-0.05, 0) is 37.3 Å². The first-order valence-electron chi connectivity index (χ1n) is 8.88. The van der Waals surface area contributed by atoms with Crippen LogP contribution in [0.5, 0.6) is 0 Å². The van der Waals surface area contributed by atoms with Gasteiger partial charge in [0.15, 0.2) is 0 Å². The van der Waals surface area contributed by atoms with Gasteiger partial charge >= 0.3 is 0 Å². The predicted molar refractivity (Wildman–Crippen MR) is 104 cm³/mol. The van der Waals surface area contributed by atoms with Gasteiger partial charge in [0.1, 0.15) is 4.91 Å². The molecule has 27 heavy (non-hydrogen) atoms. The Labute approximate surface area is 160 Å². The summed E-state index contributed by atoms with van der Waals surface area (Å²) in [4.78, 5) is 11.1. The minimum absolute atomic E-state index is 0.0240. The molecule has 1 aliphatic carbocycles. The average Bonchev–Trinajstić information content (AvgIpc) is 2.93. The number of sulfonamides is 1. The maximum Gasteiger partial charge on any atom is 0.248 e. The fraction of sp³-hybridized carbons (Fsp3) is 0.350. The molecule has 1 atom stereocenters. The quantitative estimate of drug-likeness (QED) is 0.248. The van der Waals surface area contributed by atoms with E-state index in [1.165, 1.54) is 11.6 Å². The van der Waals surface area contributed by atoms with Gasteiger partial charge in [-0.3, -0.25) is 10.0 Å². The van der Waals surface area contributed by atoms with Crippen LogP contribution in [0.2, 0.25) is 0 Å². The monoisotopic (exact) mass is 388 g/mol. The third-order valence-corrected chi connectivity index (χ3v) is 5.50. The molecule has 0 radical (unpaired) electrons. The van der Waals surface area contributed by atoms with Crippen LogP contribution in [0.3, 0.4) is 0 Å². The number of hydrogen-bond acceptors (Lipinski definition) is 4. The number of hydroxylamine groups is 1. The zero-order valence-corrected chi connectivity index (χ0v) is 15.8. The molecule has 1 aliphatic rings. The number of carbonyl (C=O) groups is 1. The molecule has 0 bridgehead atoms. The second kappa shape index (κ2) is 10.7. The van der Waals surface area contributed by atoms with Crippen LogP contribution in [0.15, 0.2) is 53.5 Å². The fourth-order valence-corrected chi connectivity index (χ4v) is 3.60. The second-order valence-electron chi connectivity index (χ2n) is 6.21. The van der Waals surface area contributed by atoms with E-state index in [4.69, 9.17) is 5.21 Å². The van der Waals surface area contributed by atoms with Crippen LogP contribution in [0.1, 0.15) is 31.2 Å². The van der Waals surface area contributed by atoms with Gasteiger partial charge < -0.3 is 0 Å². The molecule has 2 rings (SSSR count). The molecule has 1 aromatic rings. The summed E-state index contributed by atoms with van der Waals surface area (Å²) in [6.07, 6.45) is 7.91. The number of hydrogen-bond donors (Lipinski definition) is 3. The minimum Gasteiger partial charge on any atom is -0.289 e. The van der Waals surface area contributed by atoms with Crippen LogP contribution in [0, 0.1) is 17.8 Å². The normalized spacial score (nSPS) is 16.0. The lowest BCUT2D eigenvalue weighted by Gasteiger charge is -2.06. The van der Waals surface area contributed by atoms with Gasteiger partial charge in [0, 0.05) is 18.9 Å². The lowest BCUT2D eigenvalue weighted by molar-refractivity contribution is -0.129. The largest absolute Gasteiger partial charge is 0.289 e. The van der Waals surface area contributed by atoms with E-state index in [1.807, 2.05) is 18.2 Å². The summed E-state index contributed by atoms with van der Waals surface area (Å²) in [7, 11) is -3.64.